The van der Waals surface area contributed by atoms with E-state index in [1.807, 2.05) is 26.0 Å². The molecule has 0 saturated carbocycles. The van der Waals surface area contributed by atoms with Crippen LogP contribution in [-0.4, -0.2) is 29.0 Å². The molecule has 1 amide bonds. The summed E-state index contributed by atoms with van der Waals surface area (Å²) in [5.74, 6) is 1.43. The van der Waals surface area contributed by atoms with Gasteiger partial charge in [0, 0.05) is 18.3 Å². The fourth-order valence-electron chi connectivity index (χ4n) is 1.83. The topological polar surface area (TPSA) is 99.4 Å². The summed E-state index contributed by atoms with van der Waals surface area (Å²) in [6.45, 7) is 3.77. The van der Waals surface area contributed by atoms with Crippen molar-refractivity contribution in [1.82, 2.24) is 9.97 Å². The van der Waals surface area contributed by atoms with Crippen LogP contribution in [0.25, 0.3) is 0 Å². The minimum absolute atomic E-state index is 0.149. The first kappa shape index (κ1) is 16.7. The van der Waals surface area contributed by atoms with E-state index in [1.165, 1.54) is 6.20 Å². The molecule has 2 aromatic rings. The van der Waals surface area contributed by atoms with E-state index in [0.717, 1.165) is 11.3 Å². The molecule has 0 bridgehead atoms. The number of nitrogens with zero attached hydrogens (tertiary/aromatic N) is 2. The number of carbonyl (C=O) groups is 1. The summed E-state index contributed by atoms with van der Waals surface area (Å²) in [6.07, 6.45) is 2.03. The highest BCUT2D eigenvalue weighted by molar-refractivity contribution is 5.93. The van der Waals surface area contributed by atoms with Crippen LogP contribution in [0, 0.1) is 6.92 Å². The van der Waals surface area contributed by atoms with Crippen molar-refractivity contribution < 1.29 is 14.3 Å². The molecule has 7 nitrogen and oxygen atoms in total. The number of rotatable bonds is 6. The number of amides is 1. The Morgan fingerprint density at radius 1 is 1.39 bits per heavy atom. The molecule has 1 heterocycles. The zero-order valence-electron chi connectivity index (χ0n) is 13.4. The summed E-state index contributed by atoms with van der Waals surface area (Å²) < 4.78 is 10.9. The zero-order chi connectivity index (χ0) is 16.8. The molecule has 122 valence electrons. The van der Waals surface area contributed by atoms with Crippen LogP contribution >= 0.6 is 0 Å². The van der Waals surface area contributed by atoms with Gasteiger partial charge in [0.05, 0.1) is 13.2 Å². The van der Waals surface area contributed by atoms with E-state index in [4.69, 9.17) is 15.2 Å². The lowest BCUT2D eigenvalue weighted by Crippen LogP contribution is -2.35. The molecular weight excluding hydrogens is 296 g/mol. The van der Waals surface area contributed by atoms with Gasteiger partial charge in [0.2, 0.25) is 17.7 Å². The first-order valence-corrected chi connectivity index (χ1v) is 7.25. The Hall–Kier alpha value is -2.67. The lowest BCUT2D eigenvalue weighted by molar-refractivity contribution is -0.117. The van der Waals surface area contributed by atoms with E-state index in [1.54, 1.807) is 19.2 Å². The van der Waals surface area contributed by atoms with E-state index in [-0.39, 0.29) is 11.9 Å². The Morgan fingerprint density at radius 3 is 2.87 bits per heavy atom. The van der Waals surface area contributed by atoms with Crippen molar-refractivity contribution in [3.8, 4) is 17.4 Å². The van der Waals surface area contributed by atoms with Gasteiger partial charge in [0.1, 0.15) is 11.5 Å². The smallest absolute Gasteiger partial charge is 0.243 e. The van der Waals surface area contributed by atoms with Crippen LogP contribution in [0.15, 0.2) is 30.5 Å². The van der Waals surface area contributed by atoms with Gasteiger partial charge in [-0.15, -0.1) is 0 Å². The number of hydrogen-bond donors (Lipinski definition) is 2. The normalized spacial score (nSPS) is 11.7. The van der Waals surface area contributed by atoms with Crippen LogP contribution in [0.2, 0.25) is 0 Å². The summed E-state index contributed by atoms with van der Waals surface area (Å²) in [5, 5.41) is 2.56. The minimum atomic E-state index is -0.593. The summed E-state index contributed by atoms with van der Waals surface area (Å²) in [4.78, 5) is 19.9. The molecule has 0 aliphatic rings. The molecular formula is C16H20N4O3. The molecule has 0 radical (unpaired) electrons. The van der Waals surface area contributed by atoms with Gasteiger partial charge in [-0.3, -0.25) is 10.1 Å². The predicted octanol–water partition coefficient (Wildman–Crippen LogP) is 2.26. The molecule has 0 aliphatic carbocycles. The predicted molar refractivity (Wildman–Crippen MR) is 86.7 cm³/mol. The molecule has 0 aliphatic heterocycles. The number of hydrogen-bond acceptors (Lipinski definition) is 6. The number of ether oxygens (including phenoxy) is 2. The monoisotopic (exact) mass is 316 g/mol. The first-order valence-electron chi connectivity index (χ1n) is 7.25. The molecule has 0 spiro atoms. The summed E-state index contributed by atoms with van der Waals surface area (Å²) in [5.41, 5.74) is 6.66. The third-order valence-corrected chi connectivity index (χ3v) is 3.24. The van der Waals surface area contributed by atoms with Crippen molar-refractivity contribution in [1.29, 1.82) is 0 Å². The maximum absolute atomic E-state index is 11.8. The number of aryl methyl sites for hydroxylation is 1. The second-order valence-corrected chi connectivity index (χ2v) is 4.96. The lowest BCUT2D eigenvalue weighted by atomic mass is 10.2. The Kier molecular flexibility index (Phi) is 5.48. The van der Waals surface area contributed by atoms with E-state index in [2.05, 4.69) is 15.3 Å². The van der Waals surface area contributed by atoms with Gasteiger partial charge in [0.15, 0.2) is 0 Å². The molecule has 0 saturated heterocycles. The Labute approximate surface area is 134 Å². The van der Waals surface area contributed by atoms with Crippen LogP contribution in [0.3, 0.4) is 0 Å². The van der Waals surface area contributed by atoms with Crippen LogP contribution in [0.5, 0.6) is 17.4 Å². The van der Waals surface area contributed by atoms with Crippen LogP contribution in [-0.2, 0) is 4.79 Å². The van der Waals surface area contributed by atoms with Crippen LogP contribution in [0.1, 0.15) is 18.9 Å². The van der Waals surface area contributed by atoms with Crippen LogP contribution in [0.4, 0.5) is 5.95 Å². The van der Waals surface area contributed by atoms with E-state index in [0.29, 0.717) is 18.1 Å². The molecule has 1 aromatic carbocycles. The summed E-state index contributed by atoms with van der Waals surface area (Å²) in [7, 11) is 1.60. The number of methoxy groups -OCH3 is 1. The van der Waals surface area contributed by atoms with Gasteiger partial charge in [-0.2, -0.15) is 4.98 Å². The van der Waals surface area contributed by atoms with Gasteiger partial charge in [-0.25, -0.2) is 4.98 Å². The Bertz CT molecular complexity index is 691. The quantitative estimate of drug-likeness (QED) is 0.848. The maximum atomic E-state index is 11.8. The SMILES string of the molecule is CCC(N)C(=O)Nc1nccc(Oc2ccc(C)c(OC)c2)n1. The van der Waals surface area contributed by atoms with Crippen molar-refractivity contribution in [2.24, 2.45) is 5.73 Å². The van der Waals surface area contributed by atoms with Crippen molar-refractivity contribution in [3.63, 3.8) is 0 Å². The zero-order valence-corrected chi connectivity index (χ0v) is 13.4. The van der Waals surface area contributed by atoms with E-state index >= 15 is 0 Å². The van der Waals surface area contributed by atoms with Crippen molar-refractivity contribution in [2.75, 3.05) is 12.4 Å². The number of benzene rings is 1. The maximum Gasteiger partial charge on any atom is 0.243 e. The van der Waals surface area contributed by atoms with E-state index in [9.17, 15) is 4.79 Å². The lowest BCUT2D eigenvalue weighted by Gasteiger charge is -2.11. The fraction of sp³-hybridized carbons (Fsp3) is 0.312. The largest absolute Gasteiger partial charge is 0.496 e. The van der Waals surface area contributed by atoms with E-state index < -0.39 is 6.04 Å². The first-order chi connectivity index (χ1) is 11.0. The van der Waals surface area contributed by atoms with Crippen molar-refractivity contribution in [3.05, 3.63) is 36.0 Å². The average molecular weight is 316 g/mol. The number of anilines is 1. The van der Waals surface area contributed by atoms with Gasteiger partial charge >= 0.3 is 0 Å². The molecule has 1 aromatic heterocycles. The Balaban J connectivity index is 2.12. The molecule has 0 fully saturated rings. The molecule has 1 atom stereocenters. The summed E-state index contributed by atoms with van der Waals surface area (Å²) in [6, 6.07) is 6.47. The highest BCUT2D eigenvalue weighted by Gasteiger charge is 2.13. The third-order valence-electron chi connectivity index (χ3n) is 3.24. The third kappa shape index (κ3) is 4.40. The number of nitrogens with two attached hydrogens (primary N) is 1. The number of carbonyl (C=O) groups excluding carboxylic acids is 1. The van der Waals surface area contributed by atoms with Crippen molar-refractivity contribution in [2.45, 2.75) is 26.3 Å². The van der Waals surface area contributed by atoms with Gasteiger partial charge in [0.25, 0.3) is 0 Å². The Morgan fingerprint density at radius 2 is 2.17 bits per heavy atom. The minimum Gasteiger partial charge on any atom is -0.496 e. The summed E-state index contributed by atoms with van der Waals surface area (Å²) >= 11 is 0. The molecule has 23 heavy (non-hydrogen) atoms. The number of nitrogens with one attached hydrogen (secondary N) is 1. The fourth-order valence-corrected chi connectivity index (χ4v) is 1.83. The number of aromatic nitrogens is 2. The molecule has 2 rings (SSSR count). The van der Waals surface area contributed by atoms with Crippen LogP contribution < -0.4 is 20.5 Å². The highest BCUT2D eigenvalue weighted by atomic mass is 16.5. The standard InChI is InChI=1S/C16H20N4O3/c1-4-12(17)15(21)20-16-18-8-7-14(19-16)23-11-6-5-10(2)13(9-11)22-3/h5-9,12H,4,17H2,1-3H3,(H,18,19,20,21). The molecule has 3 N–H and O–H groups in total. The van der Waals surface area contributed by atoms with Gasteiger partial charge in [-0.1, -0.05) is 13.0 Å². The second-order valence-electron chi connectivity index (χ2n) is 4.96. The highest BCUT2D eigenvalue weighted by Crippen LogP contribution is 2.27. The molecule has 7 heteroatoms. The average Bonchev–Trinajstić information content (AvgIpc) is 2.56. The van der Waals surface area contributed by atoms with Gasteiger partial charge in [-0.05, 0) is 25.0 Å². The van der Waals surface area contributed by atoms with Crippen molar-refractivity contribution >= 4 is 11.9 Å². The van der Waals surface area contributed by atoms with Gasteiger partial charge < -0.3 is 15.2 Å². The molecule has 1 unspecified atom stereocenters. The second kappa shape index (κ2) is 7.55.